The largest absolute Gasteiger partial charge is 0.348 e. The van der Waals surface area contributed by atoms with Crippen molar-refractivity contribution in [3.05, 3.63) is 18.2 Å². The van der Waals surface area contributed by atoms with Crippen molar-refractivity contribution in [2.75, 3.05) is 6.54 Å². The minimum atomic E-state index is 0.776. The van der Waals surface area contributed by atoms with Crippen LogP contribution in [0, 0.1) is 11.8 Å². The SMILES string of the molecule is NC[C@@H]1C[C@H]1Cc1cnc[nH]1. The maximum absolute atomic E-state index is 5.53. The van der Waals surface area contributed by atoms with Gasteiger partial charge in [-0.25, -0.2) is 4.98 Å². The van der Waals surface area contributed by atoms with Crippen molar-refractivity contribution in [1.29, 1.82) is 0 Å². The van der Waals surface area contributed by atoms with Gasteiger partial charge >= 0.3 is 0 Å². The second-order valence-electron chi connectivity index (χ2n) is 3.27. The molecule has 2 rings (SSSR count). The third kappa shape index (κ3) is 1.43. The van der Waals surface area contributed by atoms with E-state index < -0.39 is 0 Å². The predicted octanol–water partition coefficient (Wildman–Crippen LogP) is 0.547. The zero-order valence-electron chi connectivity index (χ0n) is 6.46. The lowest BCUT2D eigenvalue weighted by Gasteiger charge is -1.93. The summed E-state index contributed by atoms with van der Waals surface area (Å²) in [6, 6.07) is 0. The lowest BCUT2D eigenvalue weighted by atomic mass is 10.2. The Bertz CT molecular complexity index is 217. The van der Waals surface area contributed by atoms with Crippen molar-refractivity contribution < 1.29 is 0 Å². The van der Waals surface area contributed by atoms with Crippen LogP contribution in [0.2, 0.25) is 0 Å². The maximum Gasteiger partial charge on any atom is 0.0921 e. The molecule has 0 bridgehead atoms. The van der Waals surface area contributed by atoms with Gasteiger partial charge in [-0.1, -0.05) is 0 Å². The number of nitrogens with two attached hydrogens (primary N) is 1. The second-order valence-corrected chi connectivity index (χ2v) is 3.27. The first kappa shape index (κ1) is 6.85. The van der Waals surface area contributed by atoms with Gasteiger partial charge in [-0.15, -0.1) is 0 Å². The monoisotopic (exact) mass is 151 g/mol. The Morgan fingerprint density at radius 3 is 3.09 bits per heavy atom. The summed E-state index contributed by atoms with van der Waals surface area (Å²) in [5, 5.41) is 0. The fourth-order valence-electron chi connectivity index (χ4n) is 1.53. The number of nitrogens with one attached hydrogen (secondary N) is 1. The third-order valence-electron chi connectivity index (χ3n) is 2.41. The van der Waals surface area contributed by atoms with Gasteiger partial charge in [0.2, 0.25) is 0 Å². The maximum atomic E-state index is 5.53. The number of nitrogens with zero attached hydrogens (tertiary/aromatic N) is 1. The fraction of sp³-hybridized carbons (Fsp3) is 0.625. The molecule has 0 unspecified atom stereocenters. The molecule has 11 heavy (non-hydrogen) atoms. The smallest absolute Gasteiger partial charge is 0.0921 e. The Balaban J connectivity index is 1.85. The molecular formula is C8H13N3. The molecule has 1 aliphatic carbocycles. The van der Waals surface area contributed by atoms with Gasteiger partial charge in [0.15, 0.2) is 0 Å². The van der Waals surface area contributed by atoms with Crippen LogP contribution >= 0.6 is 0 Å². The van der Waals surface area contributed by atoms with Gasteiger partial charge in [-0.2, -0.15) is 0 Å². The van der Waals surface area contributed by atoms with E-state index >= 15 is 0 Å². The summed E-state index contributed by atoms with van der Waals surface area (Å²) in [6.45, 7) is 0.846. The van der Waals surface area contributed by atoms with Gasteiger partial charge in [0.05, 0.1) is 6.33 Å². The third-order valence-corrected chi connectivity index (χ3v) is 2.41. The molecule has 2 atom stereocenters. The van der Waals surface area contributed by atoms with Crippen LogP contribution in [-0.4, -0.2) is 16.5 Å². The van der Waals surface area contributed by atoms with E-state index in [0.717, 1.165) is 24.8 Å². The first-order chi connectivity index (χ1) is 5.40. The van der Waals surface area contributed by atoms with Crippen LogP contribution in [0.1, 0.15) is 12.1 Å². The zero-order chi connectivity index (χ0) is 7.68. The normalized spacial score (nSPS) is 28.8. The van der Waals surface area contributed by atoms with Gasteiger partial charge in [0, 0.05) is 11.9 Å². The molecule has 0 saturated heterocycles. The van der Waals surface area contributed by atoms with E-state index in [0.29, 0.717) is 0 Å². The van der Waals surface area contributed by atoms with E-state index in [2.05, 4.69) is 9.97 Å². The van der Waals surface area contributed by atoms with E-state index in [1.54, 1.807) is 6.33 Å². The van der Waals surface area contributed by atoms with E-state index in [4.69, 9.17) is 5.73 Å². The summed E-state index contributed by atoms with van der Waals surface area (Å²) < 4.78 is 0. The molecule has 1 saturated carbocycles. The summed E-state index contributed by atoms with van der Waals surface area (Å²) >= 11 is 0. The van der Waals surface area contributed by atoms with Crippen molar-refractivity contribution in [2.45, 2.75) is 12.8 Å². The minimum absolute atomic E-state index is 0.776. The first-order valence-corrected chi connectivity index (χ1v) is 4.07. The molecule has 0 spiro atoms. The average molecular weight is 151 g/mol. The van der Waals surface area contributed by atoms with Crippen molar-refractivity contribution >= 4 is 0 Å². The molecule has 1 fully saturated rings. The Labute approximate surface area is 66.0 Å². The van der Waals surface area contributed by atoms with Crippen molar-refractivity contribution in [3.63, 3.8) is 0 Å². The molecule has 0 radical (unpaired) electrons. The highest BCUT2D eigenvalue weighted by Crippen LogP contribution is 2.39. The topological polar surface area (TPSA) is 54.7 Å². The van der Waals surface area contributed by atoms with Gasteiger partial charge in [-0.3, -0.25) is 0 Å². The quantitative estimate of drug-likeness (QED) is 0.662. The minimum Gasteiger partial charge on any atom is -0.348 e. The summed E-state index contributed by atoms with van der Waals surface area (Å²) in [4.78, 5) is 7.07. The molecule has 60 valence electrons. The lowest BCUT2D eigenvalue weighted by molar-refractivity contribution is 0.696. The van der Waals surface area contributed by atoms with Crippen LogP contribution < -0.4 is 5.73 Å². The number of aromatic amines is 1. The van der Waals surface area contributed by atoms with Gasteiger partial charge < -0.3 is 10.7 Å². The molecule has 1 heterocycles. The Hall–Kier alpha value is -0.830. The average Bonchev–Trinajstić information content (AvgIpc) is 2.54. The number of imidazole rings is 1. The van der Waals surface area contributed by atoms with Crippen LogP contribution in [0.25, 0.3) is 0 Å². The molecule has 1 aliphatic rings. The standard InChI is InChI=1S/C8H13N3/c9-3-7-1-6(7)2-8-4-10-5-11-8/h4-7H,1-3,9H2,(H,10,11)/t6-,7-/m0/s1. The lowest BCUT2D eigenvalue weighted by Crippen LogP contribution is -2.03. The molecule has 1 aromatic heterocycles. The molecular weight excluding hydrogens is 138 g/mol. The van der Waals surface area contributed by atoms with Crippen molar-refractivity contribution in [1.82, 2.24) is 9.97 Å². The number of hydrogen-bond donors (Lipinski definition) is 2. The first-order valence-electron chi connectivity index (χ1n) is 4.07. The number of rotatable bonds is 3. The van der Waals surface area contributed by atoms with Crippen LogP contribution in [0.15, 0.2) is 12.5 Å². The zero-order valence-corrected chi connectivity index (χ0v) is 6.46. The molecule has 3 heteroatoms. The highest BCUT2D eigenvalue weighted by molar-refractivity contribution is 5.01. The second kappa shape index (κ2) is 2.66. The van der Waals surface area contributed by atoms with E-state index in [-0.39, 0.29) is 0 Å². The Kier molecular flexibility index (Phi) is 1.66. The number of H-pyrrole nitrogens is 1. The van der Waals surface area contributed by atoms with Crippen LogP contribution in [-0.2, 0) is 6.42 Å². The number of aromatic nitrogens is 2. The molecule has 0 aromatic carbocycles. The predicted molar refractivity (Wildman–Crippen MR) is 42.9 cm³/mol. The highest BCUT2D eigenvalue weighted by Gasteiger charge is 2.35. The molecule has 0 aliphatic heterocycles. The molecule has 3 N–H and O–H groups in total. The van der Waals surface area contributed by atoms with Crippen molar-refractivity contribution in [3.8, 4) is 0 Å². The van der Waals surface area contributed by atoms with Gasteiger partial charge in [0.1, 0.15) is 0 Å². The molecule has 0 amide bonds. The van der Waals surface area contributed by atoms with Gasteiger partial charge in [-0.05, 0) is 31.2 Å². The summed E-state index contributed by atoms with van der Waals surface area (Å²) in [5.74, 6) is 1.60. The highest BCUT2D eigenvalue weighted by atomic mass is 14.9. The summed E-state index contributed by atoms with van der Waals surface area (Å²) in [6.07, 6.45) is 6.05. The van der Waals surface area contributed by atoms with Crippen LogP contribution in [0.4, 0.5) is 0 Å². The van der Waals surface area contributed by atoms with Crippen molar-refractivity contribution in [2.24, 2.45) is 17.6 Å². The number of hydrogen-bond acceptors (Lipinski definition) is 2. The van der Waals surface area contributed by atoms with Gasteiger partial charge in [0.25, 0.3) is 0 Å². The van der Waals surface area contributed by atoms with Crippen LogP contribution in [0.3, 0.4) is 0 Å². The van der Waals surface area contributed by atoms with E-state index in [9.17, 15) is 0 Å². The van der Waals surface area contributed by atoms with E-state index in [1.165, 1.54) is 12.1 Å². The summed E-state index contributed by atoms with van der Waals surface area (Å²) in [5.41, 5.74) is 6.77. The van der Waals surface area contributed by atoms with E-state index in [1.807, 2.05) is 6.20 Å². The fourth-order valence-corrected chi connectivity index (χ4v) is 1.53. The van der Waals surface area contributed by atoms with Crippen LogP contribution in [0.5, 0.6) is 0 Å². The molecule has 3 nitrogen and oxygen atoms in total. The summed E-state index contributed by atoms with van der Waals surface area (Å²) in [7, 11) is 0. The Morgan fingerprint density at radius 2 is 2.55 bits per heavy atom. The molecule has 1 aromatic rings. The Morgan fingerprint density at radius 1 is 1.64 bits per heavy atom.